The van der Waals surface area contributed by atoms with Gasteiger partial charge in [-0.15, -0.1) is 12.4 Å². The maximum absolute atomic E-state index is 11.4. The molecule has 5 heteroatoms. The van der Waals surface area contributed by atoms with Crippen molar-refractivity contribution in [2.45, 2.75) is 13.3 Å². The van der Waals surface area contributed by atoms with Gasteiger partial charge in [0.25, 0.3) is 0 Å². The van der Waals surface area contributed by atoms with Crippen LogP contribution in [0.3, 0.4) is 0 Å². The molecule has 1 amide bonds. The Kier molecular flexibility index (Phi) is 7.17. The highest BCUT2D eigenvalue weighted by molar-refractivity contribution is 9.10. The van der Waals surface area contributed by atoms with Gasteiger partial charge in [-0.1, -0.05) is 22.0 Å². The molecule has 0 heterocycles. The number of carbonyl (C=O) groups excluding carboxylic acids is 1. The number of hydrogen-bond acceptors (Lipinski definition) is 2. The molecule has 1 aromatic carbocycles. The van der Waals surface area contributed by atoms with Crippen LogP contribution in [0.1, 0.15) is 12.5 Å². The Hall–Kier alpha value is -0.740. The second-order valence-corrected chi connectivity index (χ2v) is 4.00. The first kappa shape index (κ1) is 15.3. The van der Waals surface area contributed by atoms with E-state index < -0.39 is 0 Å². The molecule has 1 rings (SSSR count). The Morgan fingerprint density at radius 3 is 2.75 bits per heavy atom. The van der Waals surface area contributed by atoms with Crippen molar-refractivity contribution in [1.29, 1.82) is 0 Å². The van der Waals surface area contributed by atoms with Crippen LogP contribution < -0.4 is 10.1 Å². The van der Waals surface area contributed by atoms with E-state index in [1.165, 1.54) is 0 Å². The highest BCUT2D eigenvalue weighted by Gasteiger charge is 2.07. The molecule has 0 bridgehead atoms. The van der Waals surface area contributed by atoms with Gasteiger partial charge >= 0.3 is 0 Å². The van der Waals surface area contributed by atoms with Crippen molar-refractivity contribution < 1.29 is 9.53 Å². The van der Waals surface area contributed by atoms with E-state index >= 15 is 0 Å². The number of carbonyl (C=O) groups is 1. The van der Waals surface area contributed by atoms with E-state index in [9.17, 15) is 4.79 Å². The molecule has 1 N–H and O–H groups in total. The summed E-state index contributed by atoms with van der Waals surface area (Å²) in [5.74, 6) is 0.744. The van der Waals surface area contributed by atoms with Gasteiger partial charge in [0.2, 0.25) is 5.91 Å². The van der Waals surface area contributed by atoms with E-state index in [2.05, 4.69) is 21.2 Å². The van der Waals surface area contributed by atoms with Crippen LogP contribution in [-0.2, 0) is 11.2 Å². The second kappa shape index (κ2) is 7.52. The van der Waals surface area contributed by atoms with Gasteiger partial charge in [-0.05, 0) is 19.1 Å². The summed E-state index contributed by atoms with van der Waals surface area (Å²) in [7, 11) is 1.60. The van der Waals surface area contributed by atoms with Gasteiger partial charge in [-0.25, -0.2) is 0 Å². The zero-order valence-corrected chi connectivity index (χ0v) is 11.7. The molecule has 0 aliphatic rings. The van der Waals surface area contributed by atoms with E-state index in [-0.39, 0.29) is 18.3 Å². The van der Waals surface area contributed by atoms with Crippen LogP contribution in [0.2, 0.25) is 0 Å². The lowest BCUT2D eigenvalue weighted by Crippen LogP contribution is -2.24. The Morgan fingerprint density at radius 2 is 2.19 bits per heavy atom. The van der Waals surface area contributed by atoms with Crippen molar-refractivity contribution in [3.63, 3.8) is 0 Å². The molecule has 0 unspecified atom stereocenters. The molecule has 0 saturated carbocycles. The summed E-state index contributed by atoms with van der Waals surface area (Å²) in [6.07, 6.45) is 0.351. The second-order valence-electron chi connectivity index (χ2n) is 3.09. The number of ether oxygens (including phenoxy) is 1. The van der Waals surface area contributed by atoms with Crippen LogP contribution >= 0.6 is 28.3 Å². The number of benzene rings is 1. The van der Waals surface area contributed by atoms with Crippen molar-refractivity contribution in [3.8, 4) is 5.75 Å². The smallest absolute Gasteiger partial charge is 0.224 e. The highest BCUT2D eigenvalue weighted by Crippen LogP contribution is 2.23. The van der Waals surface area contributed by atoms with Crippen molar-refractivity contribution in [2.24, 2.45) is 0 Å². The van der Waals surface area contributed by atoms with Gasteiger partial charge in [-0.2, -0.15) is 0 Å². The summed E-state index contributed by atoms with van der Waals surface area (Å²) in [6.45, 7) is 2.55. The number of hydrogen-bond donors (Lipinski definition) is 1. The monoisotopic (exact) mass is 307 g/mol. The lowest BCUT2D eigenvalue weighted by molar-refractivity contribution is -0.120. The van der Waals surface area contributed by atoms with E-state index in [4.69, 9.17) is 4.74 Å². The Balaban J connectivity index is 0.00000225. The fraction of sp³-hybridized carbons (Fsp3) is 0.364. The maximum atomic E-state index is 11.4. The molecule has 3 nitrogen and oxygen atoms in total. The van der Waals surface area contributed by atoms with E-state index in [0.29, 0.717) is 13.0 Å². The van der Waals surface area contributed by atoms with Gasteiger partial charge in [-0.3, -0.25) is 4.79 Å². The summed E-state index contributed by atoms with van der Waals surface area (Å²) in [6, 6.07) is 5.64. The fourth-order valence-electron chi connectivity index (χ4n) is 1.30. The number of amides is 1. The molecule has 1 aromatic rings. The number of rotatable bonds is 4. The predicted molar refractivity (Wildman–Crippen MR) is 70.3 cm³/mol. The SMILES string of the molecule is CCNC(=O)Cc1ccc(Br)cc1OC.Cl. The van der Waals surface area contributed by atoms with Crippen LogP contribution in [0.4, 0.5) is 0 Å². The number of nitrogens with one attached hydrogen (secondary N) is 1. The third-order valence-electron chi connectivity index (χ3n) is 1.97. The summed E-state index contributed by atoms with van der Waals surface area (Å²) in [5.41, 5.74) is 0.895. The molecule has 0 radical (unpaired) electrons. The summed E-state index contributed by atoms with van der Waals surface area (Å²) >= 11 is 3.35. The van der Waals surface area contributed by atoms with Crippen LogP contribution in [0.5, 0.6) is 5.75 Å². The first-order chi connectivity index (χ1) is 7.17. The van der Waals surface area contributed by atoms with Crippen molar-refractivity contribution in [2.75, 3.05) is 13.7 Å². The Morgan fingerprint density at radius 1 is 1.50 bits per heavy atom. The number of likely N-dealkylation sites (N-methyl/N-ethyl adjacent to an activating group) is 1. The molecule has 0 atom stereocenters. The molecule has 0 aliphatic carbocycles. The lowest BCUT2D eigenvalue weighted by atomic mass is 10.1. The Bertz CT molecular complexity index is 358. The lowest BCUT2D eigenvalue weighted by Gasteiger charge is -2.08. The summed E-state index contributed by atoms with van der Waals surface area (Å²) in [5, 5.41) is 2.75. The van der Waals surface area contributed by atoms with Crippen LogP contribution in [0, 0.1) is 0 Å². The summed E-state index contributed by atoms with van der Waals surface area (Å²) in [4.78, 5) is 11.4. The third kappa shape index (κ3) is 4.41. The molecule has 0 spiro atoms. The molecular formula is C11H15BrClNO2. The van der Waals surface area contributed by atoms with Crippen molar-refractivity contribution in [3.05, 3.63) is 28.2 Å². The number of halogens is 2. The van der Waals surface area contributed by atoms with Gasteiger partial charge in [0.05, 0.1) is 13.5 Å². The molecular weight excluding hydrogens is 293 g/mol. The molecule has 0 aliphatic heterocycles. The van der Waals surface area contributed by atoms with Crippen LogP contribution in [-0.4, -0.2) is 19.6 Å². The molecule has 90 valence electrons. The minimum atomic E-state index is 0. The van der Waals surface area contributed by atoms with Gasteiger partial charge in [0.15, 0.2) is 0 Å². The van der Waals surface area contributed by atoms with E-state index in [0.717, 1.165) is 15.8 Å². The van der Waals surface area contributed by atoms with Gasteiger partial charge < -0.3 is 10.1 Å². The van der Waals surface area contributed by atoms with Crippen molar-refractivity contribution in [1.82, 2.24) is 5.32 Å². The van der Waals surface area contributed by atoms with E-state index in [1.54, 1.807) is 7.11 Å². The van der Waals surface area contributed by atoms with Gasteiger partial charge in [0, 0.05) is 16.6 Å². The number of methoxy groups -OCH3 is 1. The molecule has 0 aromatic heterocycles. The predicted octanol–water partition coefficient (Wildman–Crippen LogP) is 2.56. The molecule has 16 heavy (non-hydrogen) atoms. The zero-order chi connectivity index (χ0) is 11.3. The zero-order valence-electron chi connectivity index (χ0n) is 9.25. The quantitative estimate of drug-likeness (QED) is 0.928. The largest absolute Gasteiger partial charge is 0.496 e. The van der Waals surface area contributed by atoms with Crippen molar-refractivity contribution >= 4 is 34.2 Å². The Labute approximate surface area is 110 Å². The minimum absolute atomic E-state index is 0. The normalized spacial score (nSPS) is 9.19. The molecule has 0 saturated heterocycles. The van der Waals surface area contributed by atoms with Crippen LogP contribution in [0.25, 0.3) is 0 Å². The van der Waals surface area contributed by atoms with E-state index in [1.807, 2.05) is 25.1 Å². The highest BCUT2D eigenvalue weighted by atomic mass is 79.9. The van der Waals surface area contributed by atoms with Crippen LogP contribution in [0.15, 0.2) is 22.7 Å². The third-order valence-corrected chi connectivity index (χ3v) is 2.47. The first-order valence-corrected chi connectivity index (χ1v) is 5.55. The van der Waals surface area contributed by atoms with Gasteiger partial charge in [0.1, 0.15) is 5.75 Å². The fourth-order valence-corrected chi connectivity index (χ4v) is 1.64. The average molecular weight is 309 g/mol. The summed E-state index contributed by atoms with van der Waals surface area (Å²) < 4.78 is 6.14. The standard InChI is InChI=1S/C11H14BrNO2.ClH/c1-3-13-11(14)6-8-4-5-9(12)7-10(8)15-2;/h4-5,7H,3,6H2,1-2H3,(H,13,14);1H. The maximum Gasteiger partial charge on any atom is 0.224 e. The molecule has 0 fully saturated rings. The average Bonchev–Trinajstić information content (AvgIpc) is 2.21. The topological polar surface area (TPSA) is 38.3 Å². The minimum Gasteiger partial charge on any atom is -0.496 e. The first-order valence-electron chi connectivity index (χ1n) is 4.76.